The van der Waals surface area contributed by atoms with Crippen molar-refractivity contribution < 1.29 is 4.74 Å². The van der Waals surface area contributed by atoms with Gasteiger partial charge in [-0.2, -0.15) is 0 Å². The third kappa shape index (κ3) is 3.33. The lowest BCUT2D eigenvalue weighted by molar-refractivity contribution is 0.101. The molecule has 0 amide bonds. The third-order valence-electron chi connectivity index (χ3n) is 3.03. The lowest BCUT2D eigenvalue weighted by Gasteiger charge is -2.11. The molecule has 2 rings (SSSR count). The Morgan fingerprint density at radius 1 is 1.53 bits per heavy atom. The minimum Gasteiger partial charge on any atom is -0.394 e. The van der Waals surface area contributed by atoms with Crippen LogP contribution >= 0.6 is 15.9 Å². The van der Waals surface area contributed by atoms with Crippen molar-refractivity contribution in [3.8, 4) is 0 Å². The lowest BCUT2D eigenvalue weighted by Crippen LogP contribution is -2.14. The molecule has 17 heavy (non-hydrogen) atoms. The highest BCUT2D eigenvalue weighted by atomic mass is 79.9. The SMILES string of the molecule is Nc1cn(CCCC2CCCO2)cc(Br)c1=O. The highest BCUT2D eigenvalue weighted by molar-refractivity contribution is 9.10. The summed E-state index contributed by atoms with van der Waals surface area (Å²) in [7, 11) is 0. The van der Waals surface area contributed by atoms with E-state index in [0.29, 0.717) is 10.6 Å². The standard InChI is InChI=1S/C12H17BrN2O2/c13-10-7-15(8-11(14)12(10)16)5-1-3-9-4-2-6-17-9/h7-9H,1-6,14H2. The van der Waals surface area contributed by atoms with E-state index >= 15 is 0 Å². The van der Waals surface area contributed by atoms with E-state index in [1.807, 2.05) is 4.57 Å². The Kier molecular flexibility index (Phi) is 4.23. The number of hydrogen-bond donors (Lipinski definition) is 1. The van der Waals surface area contributed by atoms with Crippen LogP contribution in [0.5, 0.6) is 0 Å². The first-order valence-corrected chi connectivity index (χ1v) is 6.73. The number of aryl methyl sites for hydroxylation is 1. The van der Waals surface area contributed by atoms with Gasteiger partial charge in [-0.05, 0) is 41.6 Å². The lowest BCUT2D eigenvalue weighted by atomic mass is 10.1. The van der Waals surface area contributed by atoms with Crippen molar-refractivity contribution in [2.24, 2.45) is 0 Å². The average Bonchev–Trinajstić information content (AvgIpc) is 2.79. The van der Waals surface area contributed by atoms with Crippen LogP contribution in [0.3, 0.4) is 0 Å². The molecule has 0 spiro atoms. The molecule has 5 heteroatoms. The molecule has 0 saturated carbocycles. The van der Waals surface area contributed by atoms with Gasteiger partial charge in [0.2, 0.25) is 5.43 Å². The highest BCUT2D eigenvalue weighted by Gasteiger charge is 2.14. The number of ether oxygens (including phenoxy) is 1. The number of hydrogen-bond acceptors (Lipinski definition) is 3. The first-order valence-electron chi connectivity index (χ1n) is 5.93. The molecular weight excluding hydrogens is 284 g/mol. The van der Waals surface area contributed by atoms with Gasteiger partial charge in [-0.15, -0.1) is 0 Å². The van der Waals surface area contributed by atoms with Gasteiger partial charge < -0.3 is 15.0 Å². The molecule has 0 bridgehead atoms. The number of nitrogens with zero attached hydrogens (tertiary/aromatic N) is 1. The molecule has 1 aliphatic rings. The van der Waals surface area contributed by atoms with Gasteiger partial charge in [0.25, 0.3) is 0 Å². The molecule has 1 unspecified atom stereocenters. The molecule has 1 aliphatic heterocycles. The Hall–Kier alpha value is -0.810. The molecule has 94 valence electrons. The van der Waals surface area contributed by atoms with Gasteiger partial charge in [0.05, 0.1) is 16.3 Å². The van der Waals surface area contributed by atoms with E-state index in [-0.39, 0.29) is 11.1 Å². The van der Waals surface area contributed by atoms with Gasteiger partial charge in [0.15, 0.2) is 0 Å². The molecule has 0 aliphatic carbocycles. The summed E-state index contributed by atoms with van der Waals surface area (Å²) < 4.78 is 8.04. The molecule has 0 radical (unpaired) electrons. The van der Waals surface area contributed by atoms with Crippen LogP contribution in [0, 0.1) is 0 Å². The molecule has 2 heterocycles. The van der Waals surface area contributed by atoms with Crippen LogP contribution in [-0.2, 0) is 11.3 Å². The van der Waals surface area contributed by atoms with Crippen LogP contribution in [0.2, 0.25) is 0 Å². The molecule has 1 aromatic rings. The summed E-state index contributed by atoms with van der Waals surface area (Å²) in [6.45, 7) is 1.77. The Morgan fingerprint density at radius 3 is 3.00 bits per heavy atom. The van der Waals surface area contributed by atoms with Gasteiger partial charge in [0, 0.05) is 25.5 Å². The smallest absolute Gasteiger partial charge is 0.218 e. The summed E-state index contributed by atoms with van der Waals surface area (Å²) in [4.78, 5) is 11.4. The van der Waals surface area contributed by atoms with E-state index in [2.05, 4.69) is 15.9 Å². The summed E-state index contributed by atoms with van der Waals surface area (Å²) >= 11 is 3.22. The van der Waals surface area contributed by atoms with E-state index in [4.69, 9.17) is 10.5 Å². The van der Waals surface area contributed by atoms with Crippen LogP contribution in [0.1, 0.15) is 25.7 Å². The van der Waals surface area contributed by atoms with E-state index < -0.39 is 0 Å². The first-order chi connectivity index (χ1) is 8.16. The van der Waals surface area contributed by atoms with Gasteiger partial charge in [-0.25, -0.2) is 0 Å². The van der Waals surface area contributed by atoms with Crippen LogP contribution in [-0.4, -0.2) is 17.3 Å². The third-order valence-corrected chi connectivity index (χ3v) is 3.59. The van der Waals surface area contributed by atoms with Crippen molar-refractivity contribution in [2.45, 2.75) is 38.3 Å². The van der Waals surface area contributed by atoms with E-state index in [1.54, 1.807) is 12.4 Å². The van der Waals surface area contributed by atoms with E-state index in [9.17, 15) is 4.79 Å². The number of pyridine rings is 1. The molecule has 1 fully saturated rings. The molecule has 1 saturated heterocycles. The molecule has 1 atom stereocenters. The predicted octanol–water partition coefficient (Wildman–Crippen LogP) is 2.15. The van der Waals surface area contributed by atoms with Crippen molar-refractivity contribution in [3.63, 3.8) is 0 Å². The molecule has 4 nitrogen and oxygen atoms in total. The quantitative estimate of drug-likeness (QED) is 0.927. The Labute approximate surface area is 109 Å². The molecule has 0 aromatic carbocycles. The summed E-state index contributed by atoms with van der Waals surface area (Å²) in [6.07, 6.45) is 8.38. The Balaban J connectivity index is 1.88. The van der Waals surface area contributed by atoms with Crippen molar-refractivity contribution in [2.75, 3.05) is 12.3 Å². The van der Waals surface area contributed by atoms with E-state index in [1.165, 1.54) is 12.8 Å². The Bertz CT molecular complexity index is 412. The zero-order valence-corrected chi connectivity index (χ0v) is 11.3. The minimum atomic E-state index is -0.139. The second kappa shape index (κ2) is 5.69. The zero-order chi connectivity index (χ0) is 12.3. The predicted molar refractivity (Wildman–Crippen MR) is 71.0 cm³/mol. The van der Waals surface area contributed by atoms with Gasteiger partial charge in [0.1, 0.15) is 0 Å². The fourth-order valence-corrected chi connectivity index (χ4v) is 2.61. The fourth-order valence-electron chi connectivity index (χ4n) is 2.12. The average molecular weight is 301 g/mol. The maximum atomic E-state index is 11.4. The van der Waals surface area contributed by atoms with E-state index in [0.717, 1.165) is 26.0 Å². The van der Waals surface area contributed by atoms with Gasteiger partial charge in [-0.3, -0.25) is 4.79 Å². The van der Waals surface area contributed by atoms with Crippen molar-refractivity contribution in [3.05, 3.63) is 27.1 Å². The largest absolute Gasteiger partial charge is 0.394 e. The molecule has 1 aromatic heterocycles. The second-order valence-electron chi connectivity index (χ2n) is 4.41. The number of halogens is 1. The normalized spacial score (nSPS) is 19.7. The number of nitrogens with two attached hydrogens (primary N) is 1. The molecular formula is C12H17BrN2O2. The van der Waals surface area contributed by atoms with Crippen LogP contribution in [0.25, 0.3) is 0 Å². The van der Waals surface area contributed by atoms with Crippen LogP contribution in [0.4, 0.5) is 5.69 Å². The second-order valence-corrected chi connectivity index (χ2v) is 5.26. The van der Waals surface area contributed by atoms with Crippen molar-refractivity contribution >= 4 is 21.6 Å². The maximum Gasteiger partial charge on any atom is 0.218 e. The summed E-state index contributed by atoms with van der Waals surface area (Å²) in [5, 5.41) is 0. The summed E-state index contributed by atoms with van der Waals surface area (Å²) in [6, 6.07) is 0. The van der Waals surface area contributed by atoms with Gasteiger partial charge in [-0.1, -0.05) is 0 Å². The zero-order valence-electron chi connectivity index (χ0n) is 9.69. The molecule has 2 N–H and O–H groups in total. The number of nitrogen functional groups attached to an aromatic ring is 1. The fraction of sp³-hybridized carbons (Fsp3) is 0.583. The highest BCUT2D eigenvalue weighted by Crippen LogP contribution is 2.17. The first kappa shape index (κ1) is 12.6. The summed E-state index contributed by atoms with van der Waals surface area (Å²) in [5.41, 5.74) is 5.78. The monoisotopic (exact) mass is 300 g/mol. The summed E-state index contributed by atoms with van der Waals surface area (Å²) in [5.74, 6) is 0. The van der Waals surface area contributed by atoms with Crippen LogP contribution in [0.15, 0.2) is 21.7 Å². The minimum absolute atomic E-state index is 0.139. The number of rotatable bonds is 4. The van der Waals surface area contributed by atoms with Crippen molar-refractivity contribution in [1.82, 2.24) is 4.57 Å². The number of aromatic nitrogens is 1. The van der Waals surface area contributed by atoms with Crippen molar-refractivity contribution in [1.29, 1.82) is 0 Å². The Morgan fingerprint density at radius 2 is 2.35 bits per heavy atom. The number of anilines is 1. The maximum absolute atomic E-state index is 11.4. The van der Waals surface area contributed by atoms with Crippen LogP contribution < -0.4 is 11.2 Å². The topological polar surface area (TPSA) is 57.2 Å². The van der Waals surface area contributed by atoms with Gasteiger partial charge >= 0.3 is 0 Å².